The third-order valence-corrected chi connectivity index (χ3v) is 9.42. The molecule has 168 valence electrons. The fraction of sp³-hybridized carbons (Fsp3) is 0.406. The first kappa shape index (κ1) is 20.9. The van der Waals surface area contributed by atoms with Crippen LogP contribution in [0.25, 0.3) is 32.8 Å². The third-order valence-electron chi connectivity index (χ3n) is 9.42. The van der Waals surface area contributed by atoms with Crippen molar-refractivity contribution in [2.24, 2.45) is 5.92 Å². The average Bonchev–Trinajstić information content (AvgIpc) is 2.85. The van der Waals surface area contributed by atoms with Gasteiger partial charge in [-0.15, -0.1) is 0 Å². The van der Waals surface area contributed by atoms with Gasteiger partial charge in [0.1, 0.15) is 0 Å². The maximum atomic E-state index is 2.72. The Bertz CT molecular complexity index is 1380. The summed E-state index contributed by atoms with van der Waals surface area (Å²) in [5, 5.41) is 5.60. The van der Waals surface area contributed by atoms with Crippen LogP contribution in [0.5, 0.6) is 0 Å². The summed E-state index contributed by atoms with van der Waals surface area (Å²) in [5.74, 6) is 0.689. The van der Waals surface area contributed by atoms with E-state index in [1.165, 1.54) is 70.5 Å². The molecule has 0 spiro atoms. The second-order valence-electron chi connectivity index (χ2n) is 10.6. The second kappa shape index (κ2) is 7.42. The van der Waals surface area contributed by atoms with E-state index in [0.717, 1.165) is 6.42 Å². The van der Waals surface area contributed by atoms with Gasteiger partial charge in [-0.25, -0.2) is 0 Å². The lowest BCUT2D eigenvalue weighted by atomic mass is 9.42. The molecule has 0 bridgehead atoms. The van der Waals surface area contributed by atoms with Gasteiger partial charge in [-0.1, -0.05) is 70.5 Å². The van der Waals surface area contributed by atoms with Gasteiger partial charge >= 0.3 is 0 Å². The molecule has 0 radical (unpaired) electrons. The van der Waals surface area contributed by atoms with Crippen LogP contribution in [0.2, 0.25) is 0 Å². The van der Waals surface area contributed by atoms with Crippen LogP contribution in [-0.4, -0.2) is 0 Å². The van der Waals surface area contributed by atoms with Crippen LogP contribution >= 0.6 is 0 Å². The van der Waals surface area contributed by atoms with E-state index in [9.17, 15) is 0 Å². The van der Waals surface area contributed by atoms with Crippen LogP contribution in [0.3, 0.4) is 0 Å². The summed E-state index contributed by atoms with van der Waals surface area (Å²) in [6, 6.07) is 23.4. The first-order valence-corrected chi connectivity index (χ1v) is 13.1. The highest BCUT2D eigenvalue weighted by molar-refractivity contribution is 5.99. The van der Waals surface area contributed by atoms with Crippen molar-refractivity contribution in [1.29, 1.82) is 0 Å². The van der Waals surface area contributed by atoms with E-state index in [1.54, 1.807) is 5.56 Å². The third kappa shape index (κ3) is 2.52. The lowest BCUT2D eigenvalue weighted by Crippen LogP contribution is -2.78. The Morgan fingerprint density at radius 2 is 1.67 bits per heavy atom. The summed E-state index contributed by atoms with van der Waals surface area (Å²) >= 11 is 0. The largest absolute Gasteiger partial charge is 0.221 e. The van der Waals surface area contributed by atoms with Gasteiger partial charge in [0.15, 0.2) is 11.7 Å². The van der Waals surface area contributed by atoms with E-state index in [1.807, 2.05) is 0 Å². The van der Waals surface area contributed by atoms with Crippen molar-refractivity contribution in [3.05, 3.63) is 78.0 Å². The Hall–Kier alpha value is -2.67. The summed E-state index contributed by atoms with van der Waals surface area (Å²) in [5.41, 5.74) is 6.37. The molecular formula is C32H36N+. The van der Waals surface area contributed by atoms with Gasteiger partial charge in [0.2, 0.25) is 5.69 Å². The Kier molecular flexibility index (Phi) is 4.70. The number of benzene rings is 3. The number of nitrogens with zero attached hydrogens (tertiary/aromatic N) is 1. The number of pyridine rings is 1. The van der Waals surface area contributed by atoms with Gasteiger partial charge in [-0.3, -0.25) is 0 Å². The molecule has 1 heteroatoms. The number of unbranched alkanes of at least 4 members (excludes halogenated alkanes) is 1. The zero-order chi connectivity index (χ0) is 22.8. The Morgan fingerprint density at radius 3 is 2.36 bits per heavy atom. The van der Waals surface area contributed by atoms with Crippen LogP contribution in [0.1, 0.15) is 70.9 Å². The molecule has 1 aliphatic carbocycles. The van der Waals surface area contributed by atoms with Crippen molar-refractivity contribution in [2.45, 2.75) is 77.2 Å². The topological polar surface area (TPSA) is 3.88 Å². The molecule has 1 nitrogen and oxygen atoms in total. The molecule has 3 atom stereocenters. The highest BCUT2D eigenvalue weighted by Gasteiger charge is 2.72. The van der Waals surface area contributed by atoms with E-state index in [4.69, 9.17) is 0 Å². The standard InChI is InChI=1S/C32H36N/c1-5-8-12-23-15-11-16-27-26(23)17-18-33-30(27)28-19-24-13-9-10-14-25(24)20-29(28)32(7-3)22(4)21-31(32,33)6-2/h9-11,13-20,22H,5-8,12,21H2,1-4H3/q+1. The highest BCUT2D eigenvalue weighted by Crippen LogP contribution is 2.65. The van der Waals surface area contributed by atoms with Crippen LogP contribution < -0.4 is 4.57 Å². The van der Waals surface area contributed by atoms with Crippen LogP contribution in [0.15, 0.2) is 66.9 Å². The van der Waals surface area contributed by atoms with Crippen LogP contribution in [0.4, 0.5) is 0 Å². The molecule has 1 aromatic heterocycles. The van der Waals surface area contributed by atoms with E-state index in [0.29, 0.717) is 5.92 Å². The van der Waals surface area contributed by atoms with E-state index in [2.05, 4.69) is 99.1 Å². The summed E-state index contributed by atoms with van der Waals surface area (Å²) in [6.07, 6.45) is 9.73. The van der Waals surface area contributed by atoms with E-state index in [-0.39, 0.29) is 11.0 Å². The minimum atomic E-state index is 0.166. The Balaban J connectivity index is 1.75. The average molecular weight is 435 g/mol. The van der Waals surface area contributed by atoms with Crippen molar-refractivity contribution in [3.63, 3.8) is 0 Å². The molecule has 4 aromatic rings. The molecule has 3 unspecified atom stereocenters. The number of hydrogen-bond donors (Lipinski definition) is 0. The lowest BCUT2D eigenvalue weighted by Gasteiger charge is -2.62. The highest BCUT2D eigenvalue weighted by atomic mass is 15.1. The van der Waals surface area contributed by atoms with Crippen molar-refractivity contribution in [1.82, 2.24) is 0 Å². The maximum Gasteiger partial charge on any atom is 0.221 e. The molecule has 0 amide bonds. The minimum absolute atomic E-state index is 0.166. The van der Waals surface area contributed by atoms with Gasteiger partial charge < -0.3 is 0 Å². The first-order valence-electron chi connectivity index (χ1n) is 13.1. The number of rotatable bonds is 5. The van der Waals surface area contributed by atoms with Gasteiger partial charge in [0, 0.05) is 18.9 Å². The van der Waals surface area contributed by atoms with Gasteiger partial charge in [-0.2, -0.15) is 4.57 Å². The normalized spacial score (nSPS) is 25.4. The van der Waals surface area contributed by atoms with Crippen LogP contribution in [0, 0.1) is 5.92 Å². The fourth-order valence-corrected chi connectivity index (χ4v) is 7.91. The number of aryl methyl sites for hydroxylation is 1. The zero-order valence-corrected chi connectivity index (χ0v) is 20.6. The first-order chi connectivity index (χ1) is 16.1. The number of aromatic nitrogens is 1. The molecule has 6 rings (SSSR count). The zero-order valence-electron chi connectivity index (χ0n) is 20.6. The molecule has 2 aliphatic rings. The maximum absolute atomic E-state index is 2.72. The van der Waals surface area contributed by atoms with E-state index < -0.39 is 0 Å². The van der Waals surface area contributed by atoms with Crippen molar-refractivity contribution in [2.75, 3.05) is 0 Å². The van der Waals surface area contributed by atoms with Crippen LogP contribution in [-0.2, 0) is 17.4 Å². The monoisotopic (exact) mass is 434 g/mol. The summed E-state index contributed by atoms with van der Waals surface area (Å²) in [4.78, 5) is 0. The van der Waals surface area contributed by atoms with Gasteiger partial charge in [-0.05, 0) is 70.7 Å². The van der Waals surface area contributed by atoms with Gasteiger partial charge in [0.25, 0.3) is 0 Å². The smallest absolute Gasteiger partial charge is 0.191 e. The van der Waals surface area contributed by atoms with Crippen molar-refractivity contribution in [3.8, 4) is 11.3 Å². The molecule has 2 heterocycles. The van der Waals surface area contributed by atoms with Crippen molar-refractivity contribution >= 4 is 21.5 Å². The Morgan fingerprint density at radius 1 is 0.879 bits per heavy atom. The SMILES string of the molecule is CCCCc1cccc2c3[n+](ccc12)C1(CC)CC(C)C1(CC)c1cc2ccccc2cc1-3. The summed E-state index contributed by atoms with van der Waals surface area (Å²) in [6.45, 7) is 9.62. The number of hydrogen-bond acceptors (Lipinski definition) is 0. The fourth-order valence-electron chi connectivity index (χ4n) is 7.91. The molecule has 1 aliphatic heterocycles. The molecule has 0 N–H and O–H groups in total. The quantitative estimate of drug-likeness (QED) is 0.279. The number of fused-ring (bicyclic) bond motifs is 9. The predicted molar refractivity (Wildman–Crippen MR) is 140 cm³/mol. The molecule has 3 aromatic carbocycles. The summed E-state index contributed by atoms with van der Waals surface area (Å²) < 4.78 is 2.72. The van der Waals surface area contributed by atoms with Gasteiger partial charge in [0.05, 0.1) is 16.4 Å². The lowest BCUT2D eigenvalue weighted by molar-refractivity contribution is -0.786. The van der Waals surface area contributed by atoms with Crippen molar-refractivity contribution < 1.29 is 4.57 Å². The molecular weight excluding hydrogens is 398 g/mol. The Labute approximate surface area is 198 Å². The molecule has 1 saturated carbocycles. The molecule has 1 fully saturated rings. The minimum Gasteiger partial charge on any atom is -0.191 e. The predicted octanol–water partition coefficient (Wildman–Crippen LogP) is 8.10. The second-order valence-corrected chi connectivity index (χ2v) is 10.6. The molecule has 33 heavy (non-hydrogen) atoms. The summed E-state index contributed by atoms with van der Waals surface area (Å²) in [7, 11) is 0. The van der Waals surface area contributed by atoms with E-state index >= 15 is 0 Å². The molecule has 0 saturated heterocycles.